The van der Waals surface area contributed by atoms with E-state index in [9.17, 15) is 27.6 Å². The number of alkyl halides is 3. The number of imide groups is 1. The Hall–Kier alpha value is -5.43. The molecule has 2 aromatic carbocycles. The summed E-state index contributed by atoms with van der Waals surface area (Å²) in [6, 6.07) is 13.2. The molecule has 0 spiro atoms. The Kier molecular flexibility index (Phi) is 12.1. The van der Waals surface area contributed by atoms with Crippen LogP contribution in [-0.4, -0.2) is 85.6 Å². The molecule has 5 heterocycles. The number of nitrogens with zero attached hydrogens (tertiary/aromatic N) is 5. The molecule has 4 aliphatic rings. The van der Waals surface area contributed by atoms with E-state index >= 15 is 4.39 Å². The highest BCUT2D eigenvalue weighted by Gasteiger charge is 2.35. The second-order valence-electron chi connectivity index (χ2n) is 15.3. The van der Waals surface area contributed by atoms with Crippen LogP contribution in [0.3, 0.4) is 0 Å². The van der Waals surface area contributed by atoms with Gasteiger partial charge in [0.05, 0.1) is 29.1 Å². The summed E-state index contributed by atoms with van der Waals surface area (Å²) in [6.07, 6.45) is 2.27. The van der Waals surface area contributed by atoms with Crippen molar-refractivity contribution in [2.45, 2.75) is 69.7 Å². The predicted molar refractivity (Wildman–Crippen MR) is 205 cm³/mol. The molecule has 0 saturated carbocycles. The van der Waals surface area contributed by atoms with Crippen LogP contribution in [0.1, 0.15) is 62.5 Å². The topological polar surface area (TPSA) is 143 Å². The fourth-order valence-electron chi connectivity index (χ4n) is 8.22. The number of ether oxygens (including phenoxy) is 1. The molecule has 3 amide bonds. The molecule has 4 fully saturated rings. The summed E-state index contributed by atoms with van der Waals surface area (Å²) in [5.74, 6) is 0.0254. The van der Waals surface area contributed by atoms with Crippen molar-refractivity contribution in [1.82, 2.24) is 15.2 Å². The minimum atomic E-state index is -4.63. The van der Waals surface area contributed by atoms with Crippen molar-refractivity contribution in [1.29, 1.82) is 5.26 Å². The Morgan fingerprint density at radius 3 is 2.30 bits per heavy atom. The van der Waals surface area contributed by atoms with E-state index in [2.05, 4.69) is 30.7 Å². The number of nitriles is 1. The van der Waals surface area contributed by atoms with Gasteiger partial charge in [0.15, 0.2) is 0 Å². The quantitative estimate of drug-likeness (QED) is 0.167. The van der Waals surface area contributed by atoms with E-state index < -0.39 is 29.3 Å². The first-order chi connectivity index (χ1) is 27.4. The molecule has 0 unspecified atom stereocenters. The summed E-state index contributed by atoms with van der Waals surface area (Å²) in [4.78, 5) is 47.2. The third-order valence-electron chi connectivity index (χ3n) is 11.5. The highest BCUT2D eigenvalue weighted by Crippen LogP contribution is 2.36. The van der Waals surface area contributed by atoms with E-state index in [1.165, 1.54) is 18.2 Å². The van der Waals surface area contributed by atoms with Crippen LogP contribution in [0.4, 0.5) is 40.4 Å². The number of halogens is 4. The van der Waals surface area contributed by atoms with Gasteiger partial charge in [0.2, 0.25) is 17.7 Å². The number of pyridine rings is 1. The van der Waals surface area contributed by atoms with Gasteiger partial charge in [0.25, 0.3) is 0 Å². The molecule has 3 N–H and O–H groups in total. The third kappa shape index (κ3) is 9.94. The average Bonchev–Trinajstić information content (AvgIpc) is 3.20. The number of benzene rings is 2. The van der Waals surface area contributed by atoms with Crippen molar-refractivity contribution < 1.29 is 36.7 Å². The largest absolute Gasteiger partial charge is 0.489 e. The zero-order chi connectivity index (χ0) is 40.1. The summed E-state index contributed by atoms with van der Waals surface area (Å²) in [6.45, 7) is 5.16. The monoisotopic (exact) mass is 790 g/mol. The summed E-state index contributed by atoms with van der Waals surface area (Å²) in [7, 11) is 0. The van der Waals surface area contributed by atoms with E-state index in [4.69, 9.17) is 10.00 Å². The van der Waals surface area contributed by atoms with Crippen molar-refractivity contribution in [2.24, 2.45) is 11.8 Å². The van der Waals surface area contributed by atoms with Gasteiger partial charge in [0.1, 0.15) is 29.5 Å². The first-order valence-corrected chi connectivity index (χ1v) is 19.6. The molecule has 3 aromatic rings. The maximum Gasteiger partial charge on any atom is 0.417 e. The van der Waals surface area contributed by atoms with Gasteiger partial charge in [-0.25, -0.2) is 9.37 Å². The molecule has 57 heavy (non-hydrogen) atoms. The number of likely N-dealkylation sites (tertiary alicyclic amines) is 1. The third-order valence-corrected chi connectivity index (χ3v) is 11.5. The number of anilines is 4. The van der Waals surface area contributed by atoms with Crippen LogP contribution in [0.5, 0.6) is 5.75 Å². The first-order valence-electron chi connectivity index (χ1n) is 19.6. The summed E-state index contributed by atoms with van der Waals surface area (Å²) >= 11 is 0. The standard InChI is InChI=1S/C41H46F4N8O4/c42-34-21-29(48-35-5-8-38(54)50-40(35)56)2-6-36(34)53-17-9-26(10-18-53)25-51-15-13-31(14-16-51)57-32-4-7-37(47-24-32)49-39(55)27-11-19-52(20-12-27)30-3-1-28(23-46)33(22-30)41(43,44)45/h1-4,6-7,21-22,24,26-27,31,35,48H,5,8-20,25H2,(H,47,49,55)(H,50,54,56)/t35-/m1/s1. The highest BCUT2D eigenvalue weighted by molar-refractivity contribution is 6.01. The summed E-state index contributed by atoms with van der Waals surface area (Å²) < 4.78 is 61.7. The lowest BCUT2D eigenvalue weighted by Gasteiger charge is -2.38. The number of nitrogens with one attached hydrogen (secondary N) is 3. The second-order valence-corrected chi connectivity index (χ2v) is 15.3. The van der Waals surface area contributed by atoms with E-state index in [-0.39, 0.29) is 36.1 Å². The van der Waals surface area contributed by atoms with Crippen LogP contribution in [0.15, 0.2) is 54.7 Å². The van der Waals surface area contributed by atoms with Gasteiger partial charge in [-0.15, -0.1) is 0 Å². The molecule has 7 rings (SSSR count). The normalized spacial score (nSPS) is 20.5. The number of amides is 3. The van der Waals surface area contributed by atoms with Gasteiger partial charge in [0, 0.05) is 69.5 Å². The van der Waals surface area contributed by atoms with Gasteiger partial charge in [-0.3, -0.25) is 19.7 Å². The van der Waals surface area contributed by atoms with E-state index in [0.717, 1.165) is 64.5 Å². The minimum absolute atomic E-state index is 0.0502. The van der Waals surface area contributed by atoms with Gasteiger partial charge in [-0.1, -0.05) is 0 Å². The van der Waals surface area contributed by atoms with Crippen LogP contribution < -0.4 is 30.5 Å². The molecule has 1 atom stereocenters. The molecule has 12 nitrogen and oxygen atoms in total. The van der Waals surface area contributed by atoms with E-state index in [1.807, 2.05) is 0 Å². The number of hydrogen-bond acceptors (Lipinski definition) is 10. The Morgan fingerprint density at radius 2 is 1.65 bits per heavy atom. The number of hydrogen-bond donors (Lipinski definition) is 3. The maximum absolute atomic E-state index is 15.1. The molecular weight excluding hydrogens is 744 g/mol. The zero-order valence-electron chi connectivity index (χ0n) is 31.5. The Morgan fingerprint density at radius 1 is 0.912 bits per heavy atom. The molecule has 4 saturated heterocycles. The minimum Gasteiger partial charge on any atom is -0.489 e. The Bertz CT molecular complexity index is 1970. The lowest BCUT2D eigenvalue weighted by atomic mass is 9.94. The smallest absolute Gasteiger partial charge is 0.417 e. The van der Waals surface area contributed by atoms with E-state index in [0.29, 0.717) is 66.9 Å². The highest BCUT2D eigenvalue weighted by atomic mass is 19.4. The lowest BCUT2D eigenvalue weighted by Crippen LogP contribution is -2.47. The van der Waals surface area contributed by atoms with Crippen molar-refractivity contribution in [3.8, 4) is 11.8 Å². The molecule has 1 aromatic heterocycles. The van der Waals surface area contributed by atoms with Gasteiger partial charge >= 0.3 is 6.18 Å². The summed E-state index contributed by atoms with van der Waals surface area (Å²) in [5, 5.41) is 17.3. The number of rotatable bonds is 10. The zero-order valence-corrected chi connectivity index (χ0v) is 31.5. The Balaban J connectivity index is 0.796. The van der Waals surface area contributed by atoms with Crippen molar-refractivity contribution in [2.75, 3.05) is 66.2 Å². The average molecular weight is 791 g/mol. The first kappa shape index (κ1) is 39.8. The van der Waals surface area contributed by atoms with Crippen LogP contribution in [-0.2, 0) is 20.6 Å². The number of carbonyl (C=O) groups is 3. The lowest BCUT2D eigenvalue weighted by molar-refractivity contribution is -0.138. The number of piperidine rings is 4. The van der Waals surface area contributed by atoms with Gasteiger partial charge in [-0.05, 0) is 99.4 Å². The van der Waals surface area contributed by atoms with Crippen LogP contribution in [0, 0.1) is 29.0 Å². The summed E-state index contributed by atoms with van der Waals surface area (Å²) in [5.41, 5.74) is 0.0699. The van der Waals surface area contributed by atoms with Crippen LogP contribution >= 0.6 is 0 Å². The van der Waals surface area contributed by atoms with Crippen molar-refractivity contribution in [3.63, 3.8) is 0 Å². The van der Waals surface area contributed by atoms with Crippen molar-refractivity contribution in [3.05, 3.63) is 71.7 Å². The Labute approximate surface area is 328 Å². The molecule has 0 bridgehead atoms. The van der Waals surface area contributed by atoms with Gasteiger partial charge < -0.3 is 30.1 Å². The maximum atomic E-state index is 15.1. The molecule has 0 radical (unpaired) electrons. The molecule has 302 valence electrons. The number of carbonyl (C=O) groups excluding carboxylic acids is 3. The fraction of sp³-hybridized carbons (Fsp3) is 0.488. The fourth-order valence-corrected chi connectivity index (χ4v) is 8.22. The number of aromatic nitrogens is 1. The van der Waals surface area contributed by atoms with Crippen molar-refractivity contribution >= 4 is 40.6 Å². The van der Waals surface area contributed by atoms with Gasteiger partial charge in [-0.2, -0.15) is 18.4 Å². The molecule has 4 aliphatic heterocycles. The van der Waals surface area contributed by atoms with Crippen LogP contribution in [0.2, 0.25) is 0 Å². The predicted octanol–water partition coefficient (Wildman–Crippen LogP) is 5.94. The van der Waals surface area contributed by atoms with Crippen LogP contribution in [0.25, 0.3) is 0 Å². The SMILES string of the molecule is N#Cc1ccc(N2CCC(C(=O)Nc3ccc(OC4CCN(CC5CCN(c6ccc(N[C@@H]7CCC(=O)NC7=O)cc6F)CC5)CC4)cn3)CC2)cc1C(F)(F)F. The molecule has 16 heteroatoms. The molecule has 0 aliphatic carbocycles. The second kappa shape index (κ2) is 17.4. The molecular formula is C41H46F4N8O4. The van der Waals surface area contributed by atoms with E-state index in [1.54, 1.807) is 41.4 Å².